The minimum atomic E-state index is -0.486. The van der Waals surface area contributed by atoms with Crippen molar-refractivity contribution in [1.29, 1.82) is 0 Å². The molecule has 0 bridgehead atoms. The number of nitrogens with one attached hydrogen (secondary N) is 1. The largest absolute Gasteiger partial charge is 0.367 e. The Hall–Kier alpha value is -1.36. The van der Waals surface area contributed by atoms with E-state index in [0.29, 0.717) is 5.82 Å². The van der Waals surface area contributed by atoms with Crippen molar-refractivity contribution < 1.29 is 4.92 Å². The van der Waals surface area contributed by atoms with Crippen LogP contribution in [0.25, 0.3) is 0 Å². The standard InChI is InChI=1S/C11H16ClN3O2/c1-7(11(2,3)4)13-10-6-8(15(16)17)5-9(12)14-10/h5-7H,1-4H3,(H,13,14). The Labute approximate surface area is 105 Å². The number of pyridine rings is 1. The van der Waals surface area contributed by atoms with E-state index in [1.165, 1.54) is 12.1 Å². The first kappa shape index (κ1) is 13.7. The van der Waals surface area contributed by atoms with Gasteiger partial charge in [0.1, 0.15) is 11.0 Å². The van der Waals surface area contributed by atoms with Crippen molar-refractivity contribution in [1.82, 2.24) is 4.98 Å². The summed E-state index contributed by atoms with van der Waals surface area (Å²) in [5, 5.41) is 13.9. The van der Waals surface area contributed by atoms with Gasteiger partial charge in [-0.25, -0.2) is 4.98 Å². The molecule has 17 heavy (non-hydrogen) atoms. The molecule has 1 N–H and O–H groups in total. The maximum absolute atomic E-state index is 10.7. The zero-order chi connectivity index (χ0) is 13.2. The van der Waals surface area contributed by atoms with Gasteiger partial charge in [0.25, 0.3) is 5.69 Å². The number of aromatic nitrogens is 1. The molecule has 1 unspecified atom stereocenters. The molecule has 0 saturated heterocycles. The van der Waals surface area contributed by atoms with E-state index in [0.717, 1.165) is 0 Å². The summed E-state index contributed by atoms with van der Waals surface area (Å²) in [6, 6.07) is 2.73. The number of anilines is 1. The molecular formula is C11H16ClN3O2. The summed E-state index contributed by atoms with van der Waals surface area (Å²) in [5.74, 6) is 0.423. The summed E-state index contributed by atoms with van der Waals surface area (Å²) in [6.07, 6.45) is 0. The highest BCUT2D eigenvalue weighted by Crippen LogP contribution is 2.25. The van der Waals surface area contributed by atoms with Gasteiger partial charge >= 0.3 is 0 Å². The van der Waals surface area contributed by atoms with Gasteiger partial charge in [-0.1, -0.05) is 32.4 Å². The smallest absolute Gasteiger partial charge is 0.276 e. The second kappa shape index (κ2) is 4.87. The fourth-order valence-electron chi connectivity index (χ4n) is 1.10. The quantitative estimate of drug-likeness (QED) is 0.511. The summed E-state index contributed by atoms with van der Waals surface area (Å²) < 4.78 is 0. The number of halogens is 1. The van der Waals surface area contributed by atoms with E-state index in [4.69, 9.17) is 11.6 Å². The lowest BCUT2D eigenvalue weighted by Crippen LogP contribution is -2.31. The SMILES string of the molecule is CC(Nc1cc([N+](=O)[O-])cc(Cl)n1)C(C)(C)C. The molecule has 0 fully saturated rings. The normalized spacial score (nSPS) is 13.2. The minimum Gasteiger partial charge on any atom is -0.367 e. The molecule has 6 heteroatoms. The second-order valence-electron chi connectivity index (χ2n) is 5.02. The molecule has 0 aliphatic carbocycles. The third-order valence-electron chi connectivity index (χ3n) is 2.65. The van der Waals surface area contributed by atoms with Crippen molar-refractivity contribution in [2.45, 2.75) is 33.7 Å². The zero-order valence-corrected chi connectivity index (χ0v) is 11.1. The maximum atomic E-state index is 10.7. The summed E-state index contributed by atoms with van der Waals surface area (Å²) in [5.41, 5.74) is -0.0349. The van der Waals surface area contributed by atoms with Gasteiger partial charge in [0.05, 0.1) is 17.1 Å². The van der Waals surface area contributed by atoms with Crippen LogP contribution < -0.4 is 5.32 Å². The lowest BCUT2D eigenvalue weighted by molar-refractivity contribution is -0.384. The van der Waals surface area contributed by atoms with Crippen molar-refractivity contribution in [2.75, 3.05) is 5.32 Å². The fourth-order valence-corrected chi connectivity index (χ4v) is 1.30. The Kier molecular flexibility index (Phi) is 3.93. The third kappa shape index (κ3) is 3.85. The van der Waals surface area contributed by atoms with Crippen molar-refractivity contribution in [3.05, 3.63) is 27.4 Å². The van der Waals surface area contributed by atoms with Gasteiger partial charge in [-0.3, -0.25) is 10.1 Å². The van der Waals surface area contributed by atoms with E-state index in [9.17, 15) is 10.1 Å². The lowest BCUT2D eigenvalue weighted by Gasteiger charge is -2.28. The summed E-state index contributed by atoms with van der Waals surface area (Å²) in [7, 11) is 0. The first-order valence-corrected chi connectivity index (χ1v) is 5.66. The van der Waals surface area contributed by atoms with Crippen LogP contribution >= 0.6 is 11.6 Å². The predicted octanol–water partition coefficient (Wildman–Crippen LogP) is 3.49. The number of hydrogen-bond acceptors (Lipinski definition) is 4. The molecule has 0 saturated carbocycles. The van der Waals surface area contributed by atoms with Gasteiger partial charge in [0.2, 0.25) is 0 Å². The van der Waals surface area contributed by atoms with Crippen molar-refractivity contribution in [3.8, 4) is 0 Å². The number of nitro groups is 1. The minimum absolute atomic E-state index is 0.0266. The highest BCUT2D eigenvalue weighted by Gasteiger charge is 2.21. The average molecular weight is 258 g/mol. The number of nitrogens with zero attached hydrogens (tertiary/aromatic N) is 2. The Morgan fingerprint density at radius 3 is 2.53 bits per heavy atom. The van der Waals surface area contributed by atoms with Gasteiger partial charge in [-0.2, -0.15) is 0 Å². The van der Waals surface area contributed by atoms with Crippen LogP contribution in [0, 0.1) is 15.5 Å². The molecule has 94 valence electrons. The Morgan fingerprint density at radius 2 is 2.06 bits per heavy atom. The molecule has 0 spiro atoms. The molecule has 1 aromatic heterocycles. The second-order valence-corrected chi connectivity index (χ2v) is 5.41. The van der Waals surface area contributed by atoms with Crippen LogP contribution in [0.2, 0.25) is 5.15 Å². The van der Waals surface area contributed by atoms with Gasteiger partial charge in [0, 0.05) is 6.04 Å². The number of rotatable bonds is 3. The first-order chi connectivity index (χ1) is 7.70. The Morgan fingerprint density at radius 1 is 1.47 bits per heavy atom. The van der Waals surface area contributed by atoms with Crippen molar-refractivity contribution in [3.63, 3.8) is 0 Å². The fraction of sp³-hybridized carbons (Fsp3) is 0.545. The predicted molar refractivity (Wildman–Crippen MR) is 68.4 cm³/mol. The van der Waals surface area contributed by atoms with E-state index < -0.39 is 4.92 Å². The summed E-state index contributed by atoms with van der Waals surface area (Å²) in [6.45, 7) is 8.21. The third-order valence-corrected chi connectivity index (χ3v) is 2.85. The molecule has 0 aliphatic rings. The molecule has 0 radical (unpaired) electrons. The monoisotopic (exact) mass is 257 g/mol. The van der Waals surface area contributed by atoms with E-state index in [-0.39, 0.29) is 22.3 Å². The van der Waals surface area contributed by atoms with Crippen molar-refractivity contribution >= 4 is 23.1 Å². The van der Waals surface area contributed by atoms with E-state index in [1.807, 2.05) is 6.92 Å². The van der Waals surface area contributed by atoms with Crippen LogP contribution in [0.15, 0.2) is 12.1 Å². The topological polar surface area (TPSA) is 68.1 Å². The first-order valence-electron chi connectivity index (χ1n) is 5.28. The molecule has 0 aliphatic heterocycles. The van der Waals surface area contributed by atoms with Gasteiger partial charge in [-0.05, 0) is 12.3 Å². The Balaban J connectivity index is 2.96. The molecule has 1 atom stereocenters. The van der Waals surface area contributed by atoms with Gasteiger partial charge < -0.3 is 5.32 Å². The molecule has 1 rings (SSSR count). The maximum Gasteiger partial charge on any atom is 0.276 e. The summed E-state index contributed by atoms with van der Waals surface area (Å²) >= 11 is 5.74. The van der Waals surface area contributed by atoms with Crippen molar-refractivity contribution in [2.24, 2.45) is 5.41 Å². The molecule has 1 aromatic rings. The zero-order valence-electron chi connectivity index (χ0n) is 10.3. The molecule has 5 nitrogen and oxygen atoms in total. The van der Waals surface area contributed by atoms with Crippen LogP contribution in [0.5, 0.6) is 0 Å². The van der Waals surface area contributed by atoms with Gasteiger partial charge in [0.15, 0.2) is 0 Å². The van der Waals surface area contributed by atoms with E-state index in [1.54, 1.807) is 0 Å². The lowest BCUT2D eigenvalue weighted by atomic mass is 9.88. The highest BCUT2D eigenvalue weighted by molar-refractivity contribution is 6.29. The molecule has 0 amide bonds. The van der Waals surface area contributed by atoms with Crippen LogP contribution in [0.3, 0.4) is 0 Å². The molecule has 0 aromatic carbocycles. The summed E-state index contributed by atoms with van der Waals surface area (Å²) in [4.78, 5) is 14.2. The van der Waals surface area contributed by atoms with Gasteiger partial charge in [-0.15, -0.1) is 0 Å². The number of hydrogen-bond donors (Lipinski definition) is 1. The van der Waals surface area contributed by atoms with Crippen LogP contribution in [-0.4, -0.2) is 15.9 Å². The Bertz CT molecular complexity index is 429. The molecule has 1 heterocycles. The van der Waals surface area contributed by atoms with Crippen LogP contribution in [-0.2, 0) is 0 Å². The molecular weight excluding hydrogens is 242 g/mol. The average Bonchev–Trinajstić information content (AvgIpc) is 2.14. The van der Waals surface area contributed by atoms with E-state index >= 15 is 0 Å². The van der Waals surface area contributed by atoms with Crippen LogP contribution in [0.1, 0.15) is 27.7 Å². The van der Waals surface area contributed by atoms with Crippen LogP contribution in [0.4, 0.5) is 11.5 Å². The van der Waals surface area contributed by atoms with E-state index in [2.05, 4.69) is 31.1 Å². The highest BCUT2D eigenvalue weighted by atomic mass is 35.5.